The van der Waals surface area contributed by atoms with E-state index in [-0.39, 0.29) is 5.56 Å². The first-order chi connectivity index (χ1) is 14.7. The minimum Gasteiger partial charge on any atom is -0.323 e. The van der Waals surface area contributed by atoms with Gasteiger partial charge in [-0.25, -0.2) is 9.67 Å². The maximum atomic E-state index is 13.2. The summed E-state index contributed by atoms with van der Waals surface area (Å²) in [5.74, 6) is 0. The molecule has 0 N–H and O–H groups in total. The SMILES string of the molecule is Cn1c2nc(CC3=NCC=C3)sc2c2cnn(CC3=NCc4ncccc43)c(=O)c21. The monoisotopic (exact) mass is 415 g/mol. The van der Waals surface area contributed by atoms with Crippen LogP contribution in [0.25, 0.3) is 21.3 Å². The zero-order chi connectivity index (χ0) is 20.2. The largest absolute Gasteiger partial charge is 0.323 e. The van der Waals surface area contributed by atoms with Crippen LogP contribution in [0.3, 0.4) is 0 Å². The van der Waals surface area contributed by atoms with Crippen molar-refractivity contribution in [2.45, 2.75) is 19.5 Å². The lowest BCUT2D eigenvalue weighted by Gasteiger charge is -2.06. The molecule has 2 aliphatic rings. The molecule has 0 atom stereocenters. The van der Waals surface area contributed by atoms with Crippen molar-refractivity contribution in [2.24, 2.45) is 17.0 Å². The molecular weight excluding hydrogens is 398 g/mol. The predicted molar refractivity (Wildman–Crippen MR) is 118 cm³/mol. The van der Waals surface area contributed by atoms with E-state index in [1.54, 1.807) is 23.7 Å². The molecule has 0 saturated carbocycles. The van der Waals surface area contributed by atoms with Gasteiger partial charge in [-0.1, -0.05) is 6.08 Å². The van der Waals surface area contributed by atoms with Crippen LogP contribution < -0.4 is 5.56 Å². The van der Waals surface area contributed by atoms with Crippen LogP contribution in [-0.2, 0) is 26.6 Å². The number of aromatic nitrogens is 5. The molecule has 0 aromatic carbocycles. The fourth-order valence-electron chi connectivity index (χ4n) is 4.06. The third kappa shape index (κ3) is 2.58. The number of fused-ring (bicyclic) bond motifs is 4. The van der Waals surface area contributed by atoms with Crippen LogP contribution in [0.15, 0.2) is 51.5 Å². The van der Waals surface area contributed by atoms with Gasteiger partial charge in [0.15, 0.2) is 5.65 Å². The minimum absolute atomic E-state index is 0.134. The molecule has 0 saturated heterocycles. The summed E-state index contributed by atoms with van der Waals surface area (Å²) in [5.41, 5.74) is 5.13. The Morgan fingerprint density at radius 2 is 2.20 bits per heavy atom. The Labute approximate surface area is 175 Å². The van der Waals surface area contributed by atoms with E-state index in [1.165, 1.54) is 4.68 Å². The van der Waals surface area contributed by atoms with E-state index < -0.39 is 0 Å². The van der Waals surface area contributed by atoms with Crippen molar-refractivity contribution in [2.75, 3.05) is 6.54 Å². The molecule has 0 fully saturated rings. The van der Waals surface area contributed by atoms with Gasteiger partial charge in [-0.15, -0.1) is 11.3 Å². The Kier molecular flexibility index (Phi) is 3.79. The molecule has 148 valence electrons. The van der Waals surface area contributed by atoms with E-state index in [0.717, 1.165) is 56.4 Å². The van der Waals surface area contributed by atoms with E-state index >= 15 is 0 Å². The minimum atomic E-state index is -0.134. The summed E-state index contributed by atoms with van der Waals surface area (Å²) in [5, 5.41) is 6.29. The van der Waals surface area contributed by atoms with Crippen molar-refractivity contribution in [3.63, 3.8) is 0 Å². The molecule has 8 nitrogen and oxygen atoms in total. The topological polar surface area (TPSA) is 90.3 Å². The number of hydrogen-bond donors (Lipinski definition) is 0. The van der Waals surface area contributed by atoms with Crippen molar-refractivity contribution in [1.29, 1.82) is 0 Å². The number of aliphatic imine (C=N–C) groups is 2. The summed E-state index contributed by atoms with van der Waals surface area (Å²) in [6, 6.07) is 3.88. The first-order valence-corrected chi connectivity index (χ1v) is 10.5. The third-order valence-corrected chi connectivity index (χ3v) is 6.61. The number of hydrogen-bond acceptors (Lipinski definition) is 7. The highest BCUT2D eigenvalue weighted by Crippen LogP contribution is 2.31. The van der Waals surface area contributed by atoms with E-state index in [1.807, 2.05) is 35.9 Å². The molecule has 4 aromatic rings. The van der Waals surface area contributed by atoms with Gasteiger partial charge in [-0.2, -0.15) is 5.10 Å². The highest BCUT2D eigenvalue weighted by molar-refractivity contribution is 7.19. The van der Waals surface area contributed by atoms with Gasteiger partial charge < -0.3 is 4.57 Å². The molecule has 6 rings (SSSR count). The third-order valence-electron chi connectivity index (χ3n) is 5.53. The Morgan fingerprint density at radius 1 is 1.27 bits per heavy atom. The zero-order valence-electron chi connectivity index (χ0n) is 16.2. The summed E-state index contributed by atoms with van der Waals surface area (Å²) in [6.45, 7) is 1.63. The summed E-state index contributed by atoms with van der Waals surface area (Å²) < 4.78 is 4.35. The zero-order valence-corrected chi connectivity index (χ0v) is 17.1. The van der Waals surface area contributed by atoms with Crippen molar-refractivity contribution in [1.82, 2.24) is 24.3 Å². The lowest BCUT2D eigenvalue weighted by molar-refractivity contribution is 0.676. The smallest absolute Gasteiger partial charge is 0.291 e. The van der Waals surface area contributed by atoms with Gasteiger partial charge in [-0.05, 0) is 18.2 Å². The Hall–Kier alpha value is -3.46. The molecule has 0 radical (unpaired) electrons. The number of aryl methyl sites for hydroxylation is 1. The van der Waals surface area contributed by atoms with Crippen LogP contribution in [0.4, 0.5) is 0 Å². The lowest BCUT2D eigenvalue weighted by atomic mass is 10.1. The van der Waals surface area contributed by atoms with Crippen LogP contribution in [-0.4, -0.2) is 42.3 Å². The van der Waals surface area contributed by atoms with Crippen LogP contribution in [0.2, 0.25) is 0 Å². The van der Waals surface area contributed by atoms with E-state index in [9.17, 15) is 4.79 Å². The van der Waals surface area contributed by atoms with E-state index in [2.05, 4.69) is 20.1 Å². The second kappa shape index (κ2) is 6.53. The quantitative estimate of drug-likeness (QED) is 0.511. The molecule has 30 heavy (non-hydrogen) atoms. The number of allylic oxidation sites excluding steroid dienone is 1. The number of rotatable bonds is 4. The van der Waals surface area contributed by atoms with Gasteiger partial charge in [0.1, 0.15) is 10.5 Å². The molecule has 0 amide bonds. The van der Waals surface area contributed by atoms with E-state index in [4.69, 9.17) is 4.98 Å². The van der Waals surface area contributed by atoms with Gasteiger partial charge in [0.2, 0.25) is 0 Å². The molecule has 4 aromatic heterocycles. The molecule has 0 unspecified atom stereocenters. The highest BCUT2D eigenvalue weighted by Gasteiger charge is 2.21. The van der Waals surface area contributed by atoms with Gasteiger partial charge in [-0.3, -0.25) is 19.8 Å². The second-order valence-corrected chi connectivity index (χ2v) is 8.44. The first-order valence-electron chi connectivity index (χ1n) is 9.70. The Morgan fingerprint density at radius 3 is 3.07 bits per heavy atom. The second-order valence-electron chi connectivity index (χ2n) is 7.36. The maximum absolute atomic E-state index is 13.2. The molecule has 2 aliphatic heterocycles. The molecule has 0 spiro atoms. The number of thiazole rings is 1. The predicted octanol–water partition coefficient (Wildman–Crippen LogP) is 2.30. The lowest BCUT2D eigenvalue weighted by Crippen LogP contribution is -2.27. The average Bonchev–Trinajstić information content (AvgIpc) is 3.52. The van der Waals surface area contributed by atoms with Crippen molar-refractivity contribution >= 4 is 44.0 Å². The summed E-state index contributed by atoms with van der Waals surface area (Å²) in [6.07, 6.45) is 8.35. The van der Waals surface area contributed by atoms with Crippen LogP contribution in [0.5, 0.6) is 0 Å². The van der Waals surface area contributed by atoms with Gasteiger partial charge in [0.25, 0.3) is 5.56 Å². The molecule has 9 heteroatoms. The average molecular weight is 415 g/mol. The summed E-state index contributed by atoms with van der Waals surface area (Å²) >= 11 is 1.61. The highest BCUT2D eigenvalue weighted by atomic mass is 32.1. The van der Waals surface area contributed by atoms with E-state index in [0.29, 0.717) is 18.6 Å². The van der Waals surface area contributed by atoms with Gasteiger partial charge in [0, 0.05) is 36.3 Å². The summed E-state index contributed by atoms with van der Waals surface area (Å²) in [4.78, 5) is 31.4. The molecule has 0 aliphatic carbocycles. The van der Waals surface area contributed by atoms with Crippen molar-refractivity contribution < 1.29 is 0 Å². The van der Waals surface area contributed by atoms with Gasteiger partial charge >= 0.3 is 0 Å². The maximum Gasteiger partial charge on any atom is 0.291 e. The van der Waals surface area contributed by atoms with Crippen molar-refractivity contribution in [3.8, 4) is 0 Å². The molecule has 0 bridgehead atoms. The normalized spacial score (nSPS) is 15.2. The van der Waals surface area contributed by atoms with Crippen LogP contribution in [0, 0.1) is 0 Å². The number of pyridine rings is 1. The fourth-order valence-corrected chi connectivity index (χ4v) is 5.18. The van der Waals surface area contributed by atoms with Crippen LogP contribution in [0.1, 0.15) is 16.3 Å². The first kappa shape index (κ1) is 17.4. The van der Waals surface area contributed by atoms with Gasteiger partial charge in [0.05, 0.1) is 41.9 Å². The Bertz CT molecular complexity index is 1480. The molecule has 6 heterocycles. The van der Waals surface area contributed by atoms with Crippen LogP contribution >= 0.6 is 11.3 Å². The standard InChI is InChI=1S/C21H17N7OS/c1-27-18-14(19-20(27)26-17(30-19)8-12-4-2-6-22-12)9-25-28(21(18)29)11-16-13-5-3-7-23-15(13)10-24-16/h2-5,7,9H,6,8,10-11H2,1H3. The molecular formula is C21H17N7OS. The number of nitrogens with zero attached hydrogens (tertiary/aromatic N) is 7. The summed E-state index contributed by atoms with van der Waals surface area (Å²) in [7, 11) is 1.89. The van der Waals surface area contributed by atoms with Crippen molar-refractivity contribution in [3.05, 3.63) is 63.3 Å². The fraction of sp³-hybridized carbons (Fsp3) is 0.238. The Balaban J connectivity index is 1.40.